The Morgan fingerprint density at radius 1 is 1.29 bits per heavy atom. The summed E-state index contributed by atoms with van der Waals surface area (Å²) in [6.45, 7) is 10.2. The van der Waals surface area contributed by atoms with Crippen LogP contribution in [0.1, 0.15) is 59.8 Å². The Kier molecular flexibility index (Phi) is 5.94. The molecule has 2 nitrogen and oxygen atoms in total. The highest BCUT2D eigenvalue weighted by Gasteiger charge is 2.33. The minimum atomic E-state index is 0.0503. The number of nitrogens with one attached hydrogen (secondary N) is 1. The third-order valence-electron chi connectivity index (χ3n) is 4.55. The molecule has 1 saturated carbocycles. The molecule has 0 heterocycles. The zero-order valence-electron chi connectivity index (χ0n) is 12.4. The molecule has 0 amide bonds. The van der Waals surface area contributed by atoms with E-state index in [0.717, 1.165) is 17.9 Å². The maximum atomic E-state index is 5.51. The van der Waals surface area contributed by atoms with Crippen LogP contribution in [0.4, 0.5) is 0 Å². The van der Waals surface area contributed by atoms with Crippen LogP contribution in [-0.2, 0) is 4.74 Å². The molecule has 1 fully saturated rings. The van der Waals surface area contributed by atoms with E-state index < -0.39 is 0 Å². The molecular weight excluding hydrogens is 210 g/mol. The quantitative estimate of drug-likeness (QED) is 0.735. The molecule has 1 aliphatic rings. The van der Waals surface area contributed by atoms with Crippen LogP contribution in [-0.4, -0.2) is 25.3 Å². The molecule has 1 rings (SSSR count). The Bertz CT molecular complexity index is 215. The second-order valence-electron chi connectivity index (χ2n) is 6.26. The first-order valence-electron chi connectivity index (χ1n) is 7.28. The number of hydrogen-bond acceptors (Lipinski definition) is 2. The van der Waals surface area contributed by atoms with Crippen LogP contribution in [0.5, 0.6) is 0 Å². The second kappa shape index (κ2) is 6.75. The highest BCUT2D eigenvalue weighted by atomic mass is 16.5. The summed E-state index contributed by atoms with van der Waals surface area (Å²) in [5.41, 5.74) is 0.0503. The molecule has 17 heavy (non-hydrogen) atoms. The first-order valence-corrected chi connectivity index (χ1v) is 7.28. The van der Waals surface area contributed by atoms with Gasteiger partial charge < -0.3 is 10.1 Å². The molecule has 0 aromatic heterocycles. The molecular formula is C15H31NO. The normalized spacial score (nSPS) is 29.8. The van der Waals surface area contributed by atoms with E-state index in [1.54, 1.807) is 0 Å². The SMILES string of the molecule is CCCNC1CCC(CCC(C)(C)OC)C1C. The number of methoxy groups -OCH3 is 1. The number of ether oxygens (including phenoxy) is 1. The first-order chi connectivity index (χ1) is 8.00. The largest absolute Gasteiger partial charge is 0.379 e. The third-order valence-corrected chi connectivity index (χ3v) is 4.55. The summed E-state index contributed by atoms with van der Waals surface area (Å²) in [6.07, 6.45) is 6.48. The summed E-state index contributed by atoms with van der Waals surface area (Å²) in [5, 5.41) is 3.69. The lowest BCUT2D eigenvalue weighted by atomic mass is 9.87. The Balaban J connectivity index is 2.32. The molecule has 0 aromatic rings. The van der Waals surface area contributed by atoms with Gasteiger partial charge in [-0.2, -0.15) is 0 Å². The molecule has 1 aliphatic carbocycles. The van der Waals surface area contributed by atoms with E-state index in [4.69, 9.17) is 4.74 Å². The van der Waals surface area contributed by atoms with Crippen LogP contribution in [0.3, 0.4) is 0 Å². The van der Waals surface area contributed by atoms with Crippen molar-refractivity contribution in [3.8, 4) is 0 Å². The molecule has 0 bridgehead atoms. The summed E-state index contributed by atoms with van der Waals surface area (Å²) in [5.74, 6) is 1.72. The lowest BCUT2D eigenvalue weighted by Gasteiger charge is -2.27. The lowest BCUT2D eigenvalue weighted by Crippen LogP contribution is -2.33. The minimum absolute atomic E-state index is 0.0503. The summed E-state index contributed by atoms with van der Waals surface area (Å²) in [7, 11) is 1.82. The second-order valence-corrected chi connectivity index (χ2v) is 6.26. The summed E-state index contributed by atoms with van der Waals surface area (Å²) in [6, 6.07) is 0.755. The van der Waals surface area contributed by atoms with Crippen molar-refractivity contribution in [1.82, 2.24) is 5.32 Å². The average Bonchev–Trinajstić information content (AvgIpc) is 2.65. The van der Waals surface area contributed by atoms with Crippen molar-refractivity contribution in [2.45, 2.75) is 71.4 Å². The van der Waals surface area contributed by atoms with Crippen LogP contribution in [0.2, 0.25) is 0 Å². The fourth-order valence-electron chi connectivity index (χ4n) is 2.91. The van der Waals surface area contributed by atoms with Gasteiger partial charge in [-0.15, -0.1) is 0 Å². The molecule has 0 radical (unpaired) electrons. The molecule has 102 valence electrons. The van der Waals surface area contributed by atoms with Crippen molar-refractivity contribution >= 4 is 0 Å². The number of rotatable bonds is 7. The topological polar surface area (TPSA) is 21.3 Å². The fourth-order valence-corrected chi connectivity index (χ4v) is 2.91. The van der Waals surface area contributed by atoms with Gasteiger partial charge in [0.25, 0.3) is 0 Å². The molecule has 0 aliphatic heterocycles. The highest BCUT2D eigenvalue weighted by Crippen LogP contribution is 2.36. The van der Waals surface area contributed by atoms with E-state index in [1.807, 2.05) is 7.11 Å². The van der Waals surface area contributed by atoms with Crippen LogP contribution >= 0.6 is 0 Å². The van der Waals surface area contributed by atoms with Crippen LogP contribution in [0.25, 0.3) is 0 Å². The monoisotopic (exact) mass is 241 g/mol. The summed E-state index contributed by atoms with van der Waals surface area (Å²) in [4.78, 5) is 0. The zero-order chi connectivity index (χ0) is 12.9. The highest BCUT2D eigenvalue weighted by molar-refractivity contribution is 4.87. The Morgan fingerprint density at radius 2 is 2.00 bits per heavy atom. The molecule has 2 heteroatoms. The van der Waals surface area contributed by atoms with E-state index >= 15 is 0 Å². The van der Waals surface area contributed by atoms with E-state index in [2.05, 4.69) is 33.0 Å². The Morgan fingerprint density at radius 3 is 2.59 bits per heavy atom. The molecule has 0 aromatic carbocycles. The lowest BCUT2D eigenvalue weighted by molar-refractivity contribution is 0.00911. The molecule has 1 N–H and O–H groups in total. The third kappa shape index (κ3) is 4.59. The van der Waals surface area contributed by atoms with Gasteiger partial charge in [0.1, 0.15) is 0 Å². The van der Waals surface area contributed by atoms with Crippen molar-refractivity contribution in [3.05, 3.63) is 0 Å². The zero-order valence-corrected chi connectivity index (χ0v) is 12.4. The van der Waals surface area contributed by atoms with Gasteiger partial charge >= 0.3 is 0 Å². The first kappa shape index (κ1) is 15.0. The maximum Gasteiger partial charge on any atom is 0.0622 e. The van der Waals surface area contributed by atoms with Gasteiger partial charge in [-0.05, 0) is 64.3 Å². The van der Waals surface area contributed by atoms with Crippen molar-refractivity contribution in [2.75, 3.05) is 13.7 Å². The van der Waals surface area contributed by atoms with Crippen LogP contribution in [0.15, 0.2) is 0 Å². The predicted octanol–water partition coefficient (Wildman–Crippen LogP) is 3.61. The Hall–Kier alpha value is -0.0800. The van der Waals surface area contributed by atoms with Gasteiger partial charge in [-0.25, -0.2) is 0 Å². The van der Waals surface area contributed by atoms with Crippen molar-refractivity contribution in [2.24, 2.45) is 11.8 Å². The van der Waals surface area contributed by atoms with Crippen LogP contribution < -0.4 is 5.32 Å². The van der Waals surface area contributed by atoms with E-state index in [0.29, 0.717) is 0 Å². The molecule has 0 saturated heterocycles. The van der Waals surface area contributed by atoms with Crippen molar-refractivity contribution in [1.29, 1.82) is 0 Å². The minimum Gasteiger partial charge on any atom is -0.379 e. The molecule has 3 unspecified atom stereocenters. The van der Waals surface area contributed by atoms with Gasteiger partial charge in [0.2, 0.25) is 0 Å². The fraction of sp³-hybridized carbons (Fsp3) is 1.00. The standard InChI is InChI=1S/C15H31NO/c1-6-11-16-14-8-7-13(12(14)2)9-10-15(3,4)17-5/h12-14,16H,6-11H2,1-5H3. The Labute approximate surface area is 108 Å². The predicted molar refractivity (Wildman–Crippen MR) is 74.3 cm³/mol. The summed E-state index contributed by atoms with van der Waals surface area (Å²) < 4.78 is 5.51. The smallest absolute Gasteiger partial charge is 0.0622 e. The van der Waals surface area contributed by atoms with Gasteiger partial charge in [0.05, 0.1) is 5.60 Å². The van der Waals surface area contributed by atoms with Crippen molar-refractivity contribution < 1.29 is 4.74 Å². The van der Waals surface area contributed by atoms with E-state index in [-0.39, 0.29) is 5.60 Å². The van der Waals surface area contributed by atoms with Gasteiger partial charge in [0, 0.05) is 13.2 Å². The van der Waals surface area contributed by atoms with Gasteiger partial charge in [-0.3, -0.25) is 0 Å². The van der Waals surface area contributed by atoms with E-state index in [1.165, 1.54) is 38.6 Å². The van der Waals surface area contributed by atoms with E-state index in [9.17, 15) is 0 Å². The van der Waals surface area contributed by atoms with Gasteiger partial charge in [0.15, 0.2) is 0 Å². The molecule has 3 atom stereocenters. The van der Waals surface area contributed by atoms with Crippen LogP contribution in [0, 0.1) is 11.8 Å². The maximum absolute atomic E-state index is 5.51. The van der Waals surface area contributed by atoms with Crippen molar-refractivity contribution in [3.63, 3.8) is 0 Å². The average molecular weight is 241 g/mol. The van der Waals surface area contributed by atoms with Gasteiger partial charge in [-0.1, -0.05) is 13.8 Å². The molecule has 0 spiro atoms. The summed E-state index contributed by atoms with van der Waals surface area (Å²) >= 11 is 0. The number of hydrogen-bond donors (Lipinski definition) is 1.